The van der Waals surface area contributed by atoms with Gasteiger partial charge in [-0.2, -0.15) is 0 Å². The van der Waals surface area contributed by atoms with Gasteiger partial charge >= 0.3 is 0 Å². The van der Waals surface area contributed by atoms with E-state index < -0.39 is 26.8 Å². The Morgan fingerprint density at radius 1 is 1.19 bits per heavy atom. The molecular formula is C19H21FN2O3S. The van der Waals surface area contributed by atoms with Crippen molar-refractivity contribution in [2.75, 3.05) is 11.9 Å². The lowest BCUT2D eigenvalue weighted by Crippen LogP contribution is -2.25. The number of benzene rings is 2. The van der Waals surface area contributed by atoms with Crippen LogP contribution < -0.4 is 10.6 Å². The van der Waals surface area contributed by atoms with Crippen LogP contribution in [0.5, 0.6) is 0 Å². The highest BCUT2D eigenvalue weighted by atomic mass is 32.2. The fourth-order valence-electron chi connectivity index (χ4n) is 2.98. The monoisotopic (exact) mass is 376 g/mol. The summed E-state index contributed by atoms with van der Waals surface area (Å²) in [7, 11) is -3.63. The summed E-state index contributed by atoms with van der Waals surface area (Å²) in [4.78, 5) is 12.6. The predicted molar refractivity (Wildman–Crippen MR) is 98.5 cm³/mol. The van der Waals surface area contributed by atoms with Gasteiger partial charge < -0.3 is 10.6 Å². The molecule has 1 aliphatic heterocycles. The smallest absolute Gasteiger partial charge is 0.257 e. The van der Waals surface area contributed by atoms with E-state index >= 15 is 0 Å². The summed E-state index contributed by atoms with van der Waals surface area (Å²) < 4.78 is 39.7. The van der Waals surface area contributed by atoms with E-state index in [1.54, 1.807) is 32.0 Å². The number of hydrogen-bond donors (Lipinski definition) is 2. The van der Waals surface area contributed by atoms with Crippen molar-refractivity contribution in [2.24, 2.45) is 0 Å². The van der Waals surface area contributed by atoms with Gasteiger partial charge in [0.1, 0.15) is 5.82 Å². The number of rotatable bonds is 4. The van der Waals surface area contributed by atoms with Crippen molar-refractivity contribution in [3.8, 4) is 0 Å². The molecule has 0 saturated heterocycles. The first-order chi connectivity index (χ1) is 12.3. The van der Waals surface area contributed by atoms with Crippen LogP contribution in [-0.2, 0) is 22.8 Å². The largest absolute Gasteiger partial charge is 0.319 e. The quantitative estimate of drug-likeness (QED) is 0.860. The molecule has 3 rings (SSSR count). The zero-order chi connectivity index (χ0) is 18.9. The lowest BCUT2D eigenvalue weighted by Gasteiger charge is -2.19. The van der Waals surface area contributed by atoms with Crippen LogP contribution >= 0.6 is 0 Å². The third-order valence-corrected chi connectivity index (χ3v) is 6.72. The number of nitrogens with one attached hydrogen (secondary N) is 2. The van der Waals surface area contributed by atoms with E-state index in [2.05, 4.69) is 10.6 Å². The predicted octanol–water partition coefficient (Wildman–Crippen LogP) is 2.91. The maximum atomic E-state index is 14.7. The van der Waals surface area contributed by atoms with Crippen LogP contribution in [-0.4, -0.2) is 26.1 Å². The first kappa shape index (κ1) is 18.5. The van der Waals surface area contributed by atoms with Crippen LogP contribution in [0.1, 0.15) is 35.3 Å². The number of halogens is 1. The van der Waals surface area contributed by atoms with Gasteiger partial charge in [0, 0.05) is 6.54 Å². The van der Waals surface area contributed by atoms with E-state index in [4.69, 9.17) is 0 Å². The van der Waals surface area contributed by atoms with E-state index in [9.17, 15) is 17.6 Å². The molecule has 2 aromatic carbocycles. The van der Waals surface area contributed by atoms with Crippen LogP contribution in [0.15, 0.2) is 41.3 Å². The Labute approximate surface area is 152 Å². The Morgan fingerprint density at radius 2 is 1.92 bits per heavy atom. The second-order valence-electron chi connectivity index (χ2n) is 6.54. The molecule has 7 heteroatoms. The summed E-state index contributed by atoms with van der Waals surface area (Å²) >= 11 is 0. The van der Waals surface area contributed by atoms with E-state index in [0.29, 0.717) is 25.1 Å². The molecule has 0 atom stereocenters. The fourth-order valence-corrected chi connectivity index (χ4v) is 4.22. The van der Waals surface area contributed by atoms with Crippen molar-refractivity contribution in [3.63, 3.8) is 0 Å². The Bertz CT molecular complexity index is 955. The minimum absolute atomic E-state index is 0.0139. The lowest BCUT2D eigenvalue weighted by molar-refractivity contribution is 0.102. The number of amides is 1. The second-order valence-corrected chi connectivity index (χ2v) is 9.01. The molecule has 1 amide bonds. The van der Waals surface area contributed by atoms with Crippen molar-refractivity contribution in [1.29, 1.82) is 0 Å². The minimum Gasteiger partial charge on any atom is -0.319 e. The Morgan fingerprint density at radius 3 is 2.65 bits per heavy atom. The summed E-state index contributed by atoms with van der Waals surface area (Å²) in [5, 5.41) is 5.03. The molecule has 0 fully saturated rings. The normalized spacial score (nSPS) is 14.2. The van der Waals surface area contributed by atoms with Crippen molar-refractivity contribution in [1.82, 2.24) is 5.32 Å². The zero-order valence-corrected chi connectivity index (χ0v) is 15.5. The first-order valence-electron chi connectivity index (χ1n) is 8.47. The molecule has 0 unspecified atom stereocenters. The van der Waals surface area contributed by atoms with Crippen LogP contribution in [0.25, 0.3) is 0 Å². The van der Waals surface area contributed by atoms with Crippen molar-refractivity contribution >= 4 is 21.4 Å². The highest BCUT2D eigenvalue weighted by Gasteiger charge is 2.26. The van der Waals surface area contributed by atoms with E-state index in [1.165, 1.54) is 18.2 Å². The van der Waals surface area contributed by atoms with Gasteiger partial charge in [-0.05, 0) is 56.1 Å². The number of anilines is 1. The molecule has 1 heterocycles. The van der Waals surface area contributed by atoms with Crippen molar-refractivity contribution < 1.29 is 17.6 Å². The van der Waals surface area contributed by atoms with Gasteiger partial charge in [-0.15, -0.1) is 0 Å². The van der Waals surface area contributed by atoms with Crippen molar-refractivity contribution in [2.45, 2.75) is 37.0 Å². The highest BCUT2D eigenvalue weighted by Crippen LogP contribution is 2.26. The second kappa shape index (κ2) is 7.17. The van der Waals surface area contributed by atoms with Gasteiger partial charge in [0.15, 0.2) is 9.84 Å². The summed E-state index contributed by atoms with van der Waals surface area (Å²) in [5.41, 5.74) is 1.53. The zero-order valence-electron chi connectivity index (χ0n) is 14.7. The van der Waals surface area contributed by atoms with Gasteiger partial charge in [-0.3, -0.25) is 4.79 Å². The molecule has 0 radical (unpaired) electrons. The average Bonchev–Trinajstić information content (AvgIpc) is 2.64. The summed E-state index contributed by atoms with van der Waals surface area (Å²) in [6, 6.07) is 9.28. The van der Waals surface area contributed by atoms with E-state index in [1.807, 2.05) is 0 Å². The minimum atomic E-state index is -3.63. The SMILES string of the molecule is CC(C)S(=O)(=O)c1ccccc1C(=O)Nc1ccc2c(c1F)CCNC2. The molecule has 2 N–H and O–H groups in total. The first-order valence-corrected chi connectivity index (χ1v) is 10.0. The Kier molecular flexibility index (Phi) is 5.11. The number of hydrogen-bond acceptors (Lipinski definition) is 4. The van der Waals surface area contributed by atoms with Gasteiger partial charge in [0.25, 0.3) is 5.91 Å². The molecule has 2 aromatic rings. The lowest BCUT2D eigenvalue weighted by atomic mass is 9.99. The maximum absolute atomic E-state index is 14.7. The molecule has 0 aliphatic carbocycles. The molecule has 26 heavy (non-hydrogen) atoms. The molecule has 5 nitrogen and oxygen atoms in total. The third kappa shape index (κ3) is 3.37. The van der Waals surface area contributed by atoms with Crippen LogP contribution in [0.4, 0.5) is 10.1 Å². The maximum Gasteiger partial charge on any atom is 0.257 e. The number of sulfone groups is 1. The molecule has 0 saturated carbocycles. The topological polar surface area (TPSA) is 75.3 Å². The van der Waals surface area contributed by atoms with Gasteiger partial charge in [0.05, 0.1) is 21.4 Å². The van der Waals surface area contributed by atoms with Crippen LogP contribution in [0.2, 0.25) is 0 Å². The molecular weight excluding hydrogens is 355 g/mol. The van der Waals surface area contributed by atoms with Crippen LogP contribution in [0.3, 0.4) is 0 Å². The summed E-state index contributed by atoms with van der Waals surface area (Å²) in [6.07, 6.45) is 0.545. The van der Waals surface area contributed by atoms with Gasteiger partial charge in [-0.25, -0.2) is 12.8 Å². The highest BCUT2D eigenvalue weighted by molar-refractivity contribution is 7.92. The standard InChI is InChI=1S/C19H21FN2O3S/c1-12(2)26(24,25)17-6-4-3-5-15(17)19(23)22-16-8-7-13-11-21-10-9-14(13)18(16)20/h3-8,12,21H,9-11H2,1-2H3,(H,22,23). The van der Waals surface area contributed by atoms with Gasteiger partial charge in [0.2, 0.25) is 0 Å². The van der Waals surface area contributed by atoms with E-state index in [-0.39, 0.29) is 16.1 Å². The molecule has 1 aliphatic rings. The average molecular weight is 376 g/mol. The molecule has 138 valence electrons. The number of fused-ring (bicyclic) bond motifs is 1. The summed E-state index contributed by atoms with van der Waals surface area (Å²) in [5.74, 6) is -1.10. The Balaban J connectivity index is 1.96. The number of carbonyl (C=O) groups excluding carboxylic acids is 1. The molecule has 0 spiro atoms. The van der Waals surface area contributed by atoms with E-state index in [0.717, 1.165) is 5.56 Å². The van der Waals surface area contributed by atoms with Crippen LogP contribution in [0, 0.1) is 5.82 Å². The van der Waals surface area contributed by atoms with Crippen molar-refractivity contribution in [3.05, 3.63) is 58.9 Å². The fraction of sp³-hybridized carbons (Fsp3) is 0.316. The summed E-state index contributed by atoms with van der Waals surface area (Å²) in [6.45, 7) is 4.38. The number of carbonyl (C=O) groups is 1. The van der Waals surface area contributed by atoms with Gasteiger partial charge in [-0.1, -0.05) is 18.2 Å². The third-order valence-electron chi connectivity index (χ3n) is 4.51. The molecule has 0 bridgehead atoms. The Hall–Kier alpha value is -2.25. The molecule has 0 aromatic heterocycles.